The Labute approximate surface area is 95.6 Å². The highest BCUT2D eigenvalue weighted by Crippen LogP contribution is 2.12. The summed E-state index contributed by atoms with van der Waals surface area (Å²) in [5.41, 5.74) is 7.12. The summed E-state index contributed by atoms with van der Waals surface area (Å²) in [5.74, 6) is 0. The van der Waals surface area contributed by atoms with Crippen molar-refractivity contribution >= 4 is 24.1 Å². The first kappa shape index (κ1) is 13.7. The number of carbonyl (C=O) groups is 1. The summed E-state index contributed by atoms with van der Waals surface area (Å²) < 4.78 is 0. The minimum absolute atomic E-state index is 0. The fraction of sp³-hybridized carbons (Fsp3) is 0.300. The van der Waals surface area contributed by atoms with E-state index in [4.69, 9.17) is 5.73 Å². The Balaban J connectivity index is 0.00000196. The molecule has 1 aromatic rings. The van der Waals surface area contributed by atoms with E-state index >= 15 is 0 Å². The fourth-order valence-corrected chi connectivity index (χ4v) is 1.07. The van der Waals surface area contributed by atoms with E-state index in [0.717, 1.165) is 11.3 Å². The number of benzene rings is 1. The number of carbonyl (C=O) groups excluding carboxylic acids is 1. The number of aryl methyl sites for hydroxylation is 1. The maximum absolute atomic E-state index is 11.2. The highest BCUT2D eigenvalue weighted by Gasteiger charge is 2.01. The average molecular weight is 230 g/mol. The first-order valence-electron chi connectivity index (χ1n) is 4.54. The maximum atomic E-state index is 11.2. The second-order valence-corrected chi connectivity index (χ2v) is 2.98. The molecule has 0 aliphatic heterocycles. The Morgan fingerprint density at radius 3 is 2.67 bits per heavy atom. The van der Waals surface area contributed by atoms with E-state index in [2.05, 4.69) is 10.6 Å². The van der Waals surface area contributed by atoms with Crippen LogP contribution in [-0.4, -0.2) is 19.1 Å². The second kappa shape index (κ2) is 7.09. The van der Waals surface area contributed by atoms with Crippen LogP contribution in [0.3, 0.4) is 0 Å². The number of halogens is 1. The summed E-state index contributed by atoms with van der Waals surface area (Å²) >= 11 is 0. The molecule has 0 saturated carbocycles. The van der Waals surface area contributed by atoms with Crippen molar-refractivity contribution < 1.29 is 4.79 Å². The van der Waals surface area contributed by atoms with Crippen LogP contribution < -0.4 is 16.4 Å². The van der Waals surface area contributed by atoms with Crippen LogP contribution in [0.2, 0.25) is 0 Å². The van der Waals surface area contributed by atoms with Gasteiger partial charge in [-0.1, -0.05) is 18.2 Å². The van der Waals surface area contributed by atoms with Crippen molar-refractivity contribution in [3.05, 3.63) is 29.8 Å². The summed E-state index contributed by atoms with van der Waals surface area (Å²) in [4.78, 5) is 11.2. The first-order chi connectivity index (χ1) is 6.74. The fourth-order valence-electron chi connectivity index (χ4n) is 1.07. The van der Waals surface area contributed by atoms with Gasteiger partial charge in [0.2, 0.25) is 0 Å². The van der Waals surface area contributed by atoms with Crippen molar-refractivity contribution in [2.45, 2.75) is 6.92 Å². The number of nitrogens with one attached hydrogen (secondary N) is 2. The van der Waals surface area contributed by atoms with Crippen LogP contribution in [0.1, 0.15) is 5.56 Å². The van der Waals surface area contributed by atoms with Crippen LogP contribution in [0.25, 0.3) is 0 Å². The summed E-state index contributed by atoms with van der Waals surface area (Å²) in [6.45, 7) is 2.87. The molecule has 0 fully saturated rings. The number of urea groups is 1. The zero-order valence-electron chi connectivity index (χ0n) is 8.62. The molecule has 2 amide bonds. The number of anilines is 1. The van der Waals surface area contributed by atoms with Crippen LogP contribution in [0, 0.1) is 6.92 Å². The molecule has 0 radical (unpaired) electrons. The Morgan fingerprint density at radius 2 is 2.07 bits per heavy atom. The van der Waals surface area contributed by atoms with Gasteiger partial charge in [0, 0.05) is 18.8 Å². The van der Waals surface area contributed by atoms with E-state index in [1.54, 1.807) is 0 Å². The van der Waals surface area contributed by atoms with E-state index in [1.807, 2.05) is 31.2 Å². The van der Waals surface area contributed by atoms with Gasteiger partial charge in [0.25, 0.3) is 0 Å². The molecule has 4 N–H and O–H groups in total. The zero-order valence-corrected chi connectivity index (χ0v) is 9.43. The summed E-state index contributed by atoms with van der Waals surface area (Å²) in [5, 5.41) is 5.37. The molecule has 5 heteroatoms. The molecule has 0 atom stereocenters. The lowest BCUT2D eigenvalue weighted by Gasteiger charge is -2.08. The number of nitrogens with two attached hydrogens (primary N) is 1. The zero-order chi connectivity index (χ0) is 10.4. The van der Waals surface area contributed by atoms with Gasteiger partial charge in [-0.15, -0.1) is 12.4 Å². The van der Waals surface area contributed by atoms with Crippen LogP contribution in [0.15, 0.2) is 24.3 Å². The largest absolute Gasteiger partial charge is 0.337 e. The van der Waals surface area contributed by atoms with E-state index in [-0.39, 0.29) is 18.4 Å². The van der Waals surface area contributed by atoms with Gasteiger partial charge in [-0.2, -0.15) is 0 Å². The lowest BCUT2D eigenvalue weighted by Crippen LogP contribution is -2.33. The Bertz CT molecular complexity index is 317. The van der Waals surface area contributed by atoms with Gasteiger partial charge in [-0.05, 0) is 18.6 Å². The molecule has 0 heterocycles. The molecule has 0 saturated heterocycles. The molecular formula is C10H16ClN3O. The van der Waals surface area contributed by atoms with Crippen molar-refractivity contribution in [3.8, 4) is 0 Å². The lowest BCUT2D eigenvalue weighted by molar-refractivity contribution is 0.252. The lowest BCUT2D eigenvalue weighted by atomic mass is 10.2. The molecule has 0 spiro atoms. The molecule has 0 bridgehead atoms. The normalized spacial score (nSPS) is 8.93. The van der Waals surface area contributed by atoms with Crippen molar-refractivity contribution in [3.63, 3.8) is 0 Å². The standard InChI is InChI=1S/C10H15N3O.ClH/c1-8-4-2-3-5-9(8)13-10(14)12-7-6-11;/h2-5H,6-7,11H2,1H3,(H2,12,13,14);1H. The van der Waals surface area contributed by atoms with Crippen molar-refractivity contribution in [2.75, 3.05) is 18.4 Å². The molecular weight excluding hydrogens is 214 g/mol. The molecule has 0 unspecified atom stereocenters. The Hall–Kier alpha value is -1.26. The predicted octanol–water partition coefficient (Wildman–Crippen LogP) is 1.50. The molecule has 0 aliphatic rings. The monoisotopic (exact) mass is 229 g/mol. The molecule has 0 aromatic heterocycles. The van der Waals surface area contributed by atoms with Crippen LogP contribution in [-0.2, 0) is 0 Å². The molecule has 4 nitrogen and oxygen atoms in total. The van der Waals surface area contributed by atoms with Gasteiger partial charge < -0.3 is 16.4 Å². The van der Waals surface area contributed by atoms with E-state index in [1.165, 1.54) is 0 Å². The third kappa shape index (κ3) is 4.67. The van der Waals surface area contributed by atoms with Crippen molar-refractivity contribution in [2.24, 2.45) is 5.73 Å². The highest BCUT2D eigenvalue weighted by molar-refractivity contribution is 5.89. The molecule has 0 aliphatic carbocycles. The Morgan fingerprint density at radius 1 is 1.40 bits per heavy atom. The minimum Gasteiger partial charge on any atom is -0.337 e. The van der Waals surface area contributed by atoms with Gasteiger partial charge in [0.1, 0.15) is 0 Å². The number of para-hydroxylation sites is 1. The number of hydrogen-bond acceptors (Lipinski definition) is 2. The third-order valence-corrected chi connectivity index (χ3v) is 1.82. The van der Waals surface area contributed by atoms with Crippen molar-refractivity contribution in [1.82, 2.24) is 5.32 Å². The van der Waals surface area contributed by atoms with E-state index in [9.17, 15) is 4.79 Å². The smallest absolute Gasteiger partial charge is 0.319 e. The van der Waals surface area contributed by atoms with Gasteiger partial charge in [0.15, 0.2) is 0 Å². The van der Waals surface area contributed by atoms with Gasteiger partial charge in [-0.3, -0.25) is 0 Å². The summed E-state index contributed by atoms with van der Waals surface area (Å²) in [6, 6.07) is 7.39. The number of hydrogen-bond donors (Lipinski definition) is 3. The van der Waals surface area contributed by atoms with Gasteiger partial charge in [-0.25, -0.2) is 4.79 Å². The number of amides is 2. The minimum atomic E-state index is -0.218. The van der Waals surface area contributed by atoms with Gasteiger partial charge >= 0.3 is 6.03 Å². The molecule has 15 heavy (non-hydrogen) atoms. The molecule has 1 rings (SSSR count). The first-order valence-corrected chi connectivity index (χ1v) is 4.54. The van der Waals surface area contributed by atoms with Crippen LogP contribution >= 0.6 is 12.4 Å². The quantitative estimate of drug-likeness (QED) is 0.735. The second-order valence-electron chi connectivity index (χ2n) is 2.98. The average Bonchev–Trinajstić information content (AvgIpc) is 2.18. The maximum Gasteiger partial charge on any atom is 0.319 e. The van der Waals surface area contributed by atoms with E-state index < -0.39 is 0 Å². The van der Waals surface area contributed by atoms with Crippen LogP contribution in [0.4, 0.5) is 10.5 Å². The molecule has 84 valence electrons. The highest BCUT2D eigenvalue weighted by atomic mass is 35.5. The number of rotatable bonds is 3. The van der Waals surface area contributed by atoms with E-state index in [0.29, 0.717) is 13.1 Å². The third-order valence-electron chi connectivity index (χ3n) is 1.82. The summed E-state index contributed by atoms with van der Waals surface area (Å²) in [7, 11) is 0. The predicted molar refractivity (Wildman–Crippen MR) is 64.5 cm³/mol. The van der Waals surface area contributed by atoms with Crippen molar-refractivity contribution in [1.29, 1.82) is 0 Å². The summed E-state index contributed by atoms with van der Waals surface area (Å²) in [6.07, 6.45) is 0. The SMILES string of the molecule is Cc1ccccc1NC(=O)NCCN.Cl. The Kier molecular flexibility index (Phi) is 6.49. The molecule has 1 aromatic carbocycles. The van der Waals surface area contributed by atoms with Crippen LogP contribution in [0.5, 0.6) is 0 Å². The topological polar surface area (TPSA) is 67.2 Å². The van der Waals surface area contributed by atoms with Gasteiger partial charge in [0.05, 0.1) is 0 Å².